The first-order chi connectivity index (χ1) is 17.7. The Morgan fingerprint density at radius 1 is 0.811 bits per heavy atom. The number of fused-ring (bicyclic) bond motifs is 3. The van der Waals surface area contributed by atoms with Crippen LogP contribution in [0.4, 0.5) is 0 Å². The van der Waals surface area contributed by atoms with Crippen molar-refractivity contribution in [2.45, 2.75) is 53.9 Å². The van der Waals surface area contributed by atoms with Crippen LogP contribution in [-0.4, -0.2) is 0 Å². The average Bonchev–Trinajstić information content (AvgIpc) is 2.87. The number of aryl methyl sites for hydroxylation is 3. The molecule has 2 heteroatoms. The second-order valence-electron chi connectivity index (χ2n) is 11.5. The Morgan fingerprint density at radius 3 is 2.27 bits per heavy atom. The summed E-state index contributed by atoms with van der Waals surface area (Å²) in [5, 5.41) is 5.06. The molecule has 37 heavy (non-hydrogen) atoms. The van der Waals surface area contributed by atoms with Crippen molar-refractivity contribution in [1.82, 2.24) is 0 Å². The first-order valence-electron chi connectivity index (χ1n) is 13.5. The van der Waals surface area contributed by atoms with Crippen molar-refractivity contribution in [2.75, 3.05) is 0 Å². The minimum atomic E-state index is 0.524. The van der Waals surface area contributed by atoms with Crippen molar-refractivity contribution in [3.63, 3.8) is 0 Å². The van der Waals surface area contributed by atoms with E-state index in [0.29, 0.717) is 11.8 Å². The summed E-state index contributed by atoms with van der Waals surface area (Å²) in [7, 11) is 2.16. The van der Waals surface area contributed by atoms with E-state index in [9.17, 15) is 0 Å². The van der Waals surface area contributed by atoms with E-state index in [2.05, 4.69) is 120 Å². The molecular weight excluding hydrogens is 450 g/mol. The maximum atomic E-state index is 6.97. The van der Waals surface area contributed by atoms with Crippen LogP contribution in [0.2, 0.25) is 0 Å². The second-order valence-corrected chi connectivity index (χ2v) is 11.5. The Morgan fingerprint density at radius 2 is 1.57 bits per heavy atom. The van der Waals surface area contributed by atoms with Gasteiger partial charge in [0, 0.05) is 11.6 Å². The molecule has 0 atom stereocenters. The van der Waals surface area contributed by atoms with E-state index in [4.69, 9.17) is 4.74 Å². The number of hydrogen-bond donors (Lipinski definition) is 0. The fraction of sp³-hybridized carbons (Fsp3) is 0.286. The molecule has 0 N–H and O–H groups in total. The van der Waals surface area contributed by atoms with Gasteiger partial charge in [0.25, 0.3) is 0 Å². The molecule has 0 unspecified atom stereocenters. The van der Waals surface area contributed by atoms with Crippen molar-refractivity contribution >= 4 is 21.5 Å². The van der Waals surface area contributed by atoms with Gasteiger partial charge in [0.05, 0.1) is 10.9 Å². The number of benzene rings is 4. The summed E-state index contributed by atoms with van der Waals surface area (Å²) in [5.41, 5.74) is 10.2. The highest BCUT2D eigenvalue weighted by atomic mass is 16.5. The van der Waals surface area contributed by atoms with Crippen LogP contribution in [-0.2, 0) is 13.5 Å². The quantitative estimate of drug-likeness (QED) is 0.226. The van der Waals surface area contributed by atoms with Crippen molar-refractivity contribution < 1.29 is 9.30 Å². The van der Waals surface area contributed by atoms with E-state index in [1.165, 1.54) is 66.2 Å². The summed E-state index contributed by atoms with van der Waals surface area (Å²) in [6, 6.07) is 22.6. The van der Waals surface area contributed by atoms with Gasteiger partial charge in [-0.1, -0.05) is 75.7 Å². The van der Waals surface area contributed by atoms with Gasteiger partial charge in [0.2, 0.25) is 5.69 Å². The molecule has 0 radical (unpaired) electrons. The predicted octanol–water partition coefficient (Wildman–Crippen LogP) is 9.20. The van der Waals surface area contributed by atoms with Crippen LogP contribution in [0.25, 0.3) is 43.9 Å². The van der Waals surface area contributed by atoms with Crippen molar-refractivity contribution in [1.29, 1.82) is 0 Å². The van der Waals surface area contributed by atoms with Crippen LogP contribution in [0.3, 0.4) is 0 Å². The summed E-state index contributed by atoms with van der Waals surface area (Å²) in [6.45, 7) is 13.5. The van der Waals surface area contributed by atoms with Crippen molar-refractivity contribution in [3.8, 4) is 33.9 Å². The minimum absolute atomic E-state index is 0.524. The maximum Gasteiger partial charge on any atom is 0.228 e. The van der Waals surface area contributed by atoms with Crippen LogP contribution in [0.15, 0.2) is 66.9 Å². The SMILES string of the molecule is Cc1ccc2c(CC(C)C)c3c(c(C)c2c1)-c1c2c(cc(-c4ccc(C(C)C)cc4)cc2cc[n+]1C)O3. The van der Waals surface area contributed by atoms with Gasteiger partial charge in [-0.3, -0.25) is 0 Å². The summed E-state index contributed by atoms with van der Waals surface area (Å²) in [6.07, 6.45) is 3.18. The molecule has 1 aliphatic rings. The summed E-state index contributed by atoms with van der Waals surface area (Å²) >= 11 is 0. The molecule has 0 amide bonds. The van der Waals surface area contributed by atoms with Gasteiger partial charge < -0.3 is 4.74 Å². The largest absolute Gasteiger partial charge is 0.455 e. The minimum Gasteiger partial charge on any atom is -0.455 e. The molecule has 4 aromatic carbocycles. The van der Waals surface area contributed by atoms with E-state index in [0.717, 1.165) is 17.9 Å². The molecule has 6 rings (SSSR count). The monoisotopic (exact) mass is 486 g/mol. The molecule has 1 aromatic heterocycles. The number of nitrogens with zero attached hydrogens (tertiary/aromatic N) is 1. The topological polar surface area (TPSA) is 13.1 Å². The molecule has 0 fully saturated rings. The van der Waals surface area contributed by atoms with Gasteiger partial charge >= 0.3 is 0 Å². The lowest BCUT2D eigenvalue weighted by Gasteiger charge is -2.26. The molecule has 186 valence electrons. The third-order valence-electron chi connectivity index (χ3n) is 7.95. The Balaban J connectivity index is 1.66. The van der Waals surface area contributed by atoms with Gasteiger partial charge in [-0.25, -0.2) is 4.57 Å². The van der Waals surface area contributed by atoms with Gasteiger partial charge in [0.1, 0.15) is 18.5 Å². The number of aromatic nitrogens is 1. The summed E-state index contributed by atoms with van der Waals surface area (Å²) in [5.74, 6) is 3.03. The molecule has 5 aromatic rings. The normalized spacial score (nSPS) is 12.5. The number of pyridine rings is 1. The van der Waals surface area contributed by atoms with Crippen LogP contribution >= 0.6 is 0 Å². The molecule has 0 aliphatic carbocycles. The van der Waals surface area contributed by atoms with Crippen molar-refractivity contribution in [3.05, 3.63) is 89.1 Å². The Hall–Kier alpha value is -3.65. The zero-order valence-corrected chi connectivity index (χ0v) is 23.1. The Kier molecular flexibility index (Phi) is 5.60. The lowest BCUT2D eigenvalue weighted by Crippen LogP contribution is -2.32. The van der Waals surface area contributed by atoms with Gasteiger partial charge in [-0.05, 0) is 82.6 Å². The Bertz CT molecular complexity index is 1690. The zero-order chi connectivity index (χ0) is 26.0. The van der Waals surface area contributed by atoms with Crippen molar-refractivity contribution in [2.24, 2.45) is 13.0 Å². The van der Waals surface area contributed by atoms with E-state index in [-0.39, 0.29) is 0 Å². The summed E-state index contributed by atoms with van der Waals surface area (Å²) < 4.78 is 9.24. The van der Waals surface area contributed by atoms with E-state index in [1.807, 2.05) is 0 Å². The lowest BCUT2D eigenvalue weighted by molar-refractivity contribution is -0.659. The smallest absolute Gasteiger partial charge is 0.228 e. The fourth-order valence-electron chi connectivity index (χ4n) is 6.00. The predicted molar refractivity (Wildman–Crippen MR) is 156 cm³/mol. The zero-order valence-electron chi connectivity index (χ0n) is 23.1. The third kappa shape index (κ3) is 3.82. The van der Waals surface area contributed by atoms with Crippen LogP contribution < -0.4 is 9.30 Å². The number of hydrogen-bond acceptors (Lipinski definition) is 1. The molecule has 0 bridgehead atoms. The first-order valence-corrected chi connectivity index (χ1v) is 13.5. The highest BCUT2D eigenvalue weighted by Crippen LogP contribution is 2.52. The third-order valence-corrected chi connectivity index (χ3v) is 7.95. The molecule has 0 saturated carbocycles. The van der Waals surface area contributed by atoms with Gasteiger partial charge in [0.15, 0.2) is 6.20 Å². The maximum absolute atomic E-state index is 6.97. The molecular formula is C35H36NO+. The highest BCUT2D eigenvalue weighted by Gasteiger charge is 2.33. The molecule has 1 aliphatic heterocycles. The molecule has 2 nitrogen and oxygen atoms in total. The van der Waals surface area contributed by atoms with E-state index in [1.54, 1.807) is 0 Å². The van der Waals surface area contributed by atoms with Crippen LogP contribution in [0, 0.1) is 19.8 Å². The lowest BCUT2D eigenvalue weighted by atomic mass is 9.85. The van der Waals surface area contributed by atoms with E-state index >= 15 is 0 Å². The first kappa shape index (κ1) is 23.7. The van der Waals surface area contributed by atoms with E-state index < -0.39 is 0 Å². The van der Waals surface area contributed by atoms with Crippen LogP contribution in [0.1, 0.15) is 55.9 Å². The van der Waals surface area contributed by atoms with Gasteiger partial charge in [-0.15, -0.1) is 0 Å². The fourth-order valence-corrected chi connectivity index (χ4v) is 6.00. The summed E-state index contributed by atoms with van der Waals surface area (Å²) in [4.78, 5) is 0. The highest BCUT2D eigenvalue weighted by molar-refractivity contribution is 6.07. The van der Waals surface area contributed by atoms with Crippen LogP contribution in [0.5, 0.6) is 11.5 Å². The molecule has 0 spiro atoms. The average molecular weight is 487 g/mol. The number of ether oxygens (including phenoxy) is 1. The molecule has 0 saturated heterocycles. The molecule has 2 heterocycles. The second kappa shape index (κ2) is 8.73. The van der Waals surface area contributed by atoms with Gasteiger partial charge in [-0.2, -0.15) is 0 Å². The number of rotatable bonds is 4. The standard InChI is InChI=1S/C35H36NO/c1-20(2)16-30-28-13-8-22(5)17-29(28)23(6)32-34-33-26(14-15-36(34)7)18-27(19-31(33)37-35(30)32)25-11-9-24(10-12-25)21(3)4/h8-15,17-21H,16H2,1-7H3/q+1. The Labute approximate surface area is 220 Å².